The minimum absolute atomic E-state index is 0.166. The van der Waals surface area contributed by atoms with Crippen LogP contribution in [-0.4, -0.2) is 29.6 Å². The number of carbonyl (C=O) groups excluding carboxylic acids is 1. The molecular formula is C14H15N3O3. The van der Waals surface area contributed by atoms with Gasteiger partial charge in [-0.25, -0.2) is 9.97 Å². The Morgan fingerprint density at radius 1 is 1.30 bits per heavy atom. The summed E-state index contributed by atoms with van der Waals surface area (Å²) in [5.74, 6) is 0.293. The summed E-state index contributed by atoms with van der Waals surface area (Å²) in [5.41, 5.74) is 1.63. The van der Waals surface area contributed by atoms with Crippen molar-refractivity contribution in [2.75, 3.05) is 19.0 Å². The van der Waals surface area contributed by atoms with Gasteiger partial charge in [0.05, 0.1) is 12.8 Å². The standard InChI is InChI=1S/C14H15N3O3/c1-10-4-5-12(19-2)11(8-10)17-13(18)9-20-14-15-6-3-7-16-14/h3-8H,9H2,1-2H3,(H,17,18). The van der Waals surface area contributed by atoms with Crippen molar-refractivity contribution in [3.8, 4) is 11.8 Å². The number of anilines is 1. The van der Waals surface area contributed by atoms with E-state index in [0.717, 1.165) is 5.56 Å². The Morgan fingerprint density at radius 2 is 2.05 bits per heavy atom. The minimum Gasteiger partial charge on any atom is -0.495 e. The SMILES string of the molecule is COc1ccc(C)cc1NC(=O)COc1ncccn1. The molecule has 0 aliphatic rings. The zero-order chi connectivity index (χ0) is 14.4. The first-order chi connectivity index (χ1) is 9.69. The number of carbonyl (C=O) groups is 1. The van der Waals surface area contributed by atoms with Crippen LogP contribution < -0.4 is 14.8 Å². The summed E-state index contributed by atoms with van der Waals surface area (Å²) in [6.07, 6.45) is 3.09. The largest absolute Gasteiger partial charge is 0.495 e. The summed E-state index contributed by atoms with van der Waals surface area (Å²) >= 11 is 0. The molecule has 1 aromatic carbocycles. The normalized spacial score (nSPS) is 9.90. The first-order valence-electron chi connectivity index (χ1n) is 6.03. The molecule has 0 fully saturated rings. The zero-order valence-corrected chi connectivity index (χ0v) is 11.3. The molecule has 0 aliphatic heterocycles. The number of aryl methyl sites for hydroxylation is 1. The van der Waals surface area contributed by atoms with Gasteiger partial charge in [-0.2, -0.15) is 0 Å². The summed E-state index contributed by atoms with van der Waals surface area (Å²) in [5, 5.41) is 2.73. The van der Waals surface area contributed by atoms with Gasteiger partial charge in [0.2, 0.25) is 0 Å². The highest BCUT2D eigenvalue weighted by molar-refractivity contribution is 5.93. The number of benzene rings is 1. The van der Waals surface area contributed by atoms with Crippen molar-refractivity contribution in [2.45, 2.75) is 6.92 Å². The number of aromatic nitrogens is 2. The van der Waals surface area contributed by atoms with Gasteiger partial charge in [-0.15, -0.1) is 0 Å². The predicted octanol–water partition coefficient (Wildman–Crippen LogP) is 1.81. The fraction of sp³-hybridized carbons (Fsp3) is 0.214. The molecule has 1 heterocycles. The van der Waals surface area contributed by atoms with E-state index in [4.69, 9.17) is 9.47 Å². The molecule has 6 nitrogen and oxygen atoms in total. The molecule has 2 rings (SSSR count). The van der Waals surface area contributed by atoms with Crippen molar-refractivity contribution in [1.29, 1.82) is 0 Å². The van der Waals surface area contributed by atoms with E-state index in [9.17, 15) is 4.79 Å². The van der Waals surface area contributed by atoms with E-state index < -0.39 is 0 Å². The molecule has 0 saturated heterocycles. The molecule has 0 aliphatic carbocycles. The molecule has 2 aromatic rings. The van der Waals surface area contributed by atoms with Crippen LogP contribution >= 0.6 is 0 Å². The summed E-state index contributed by atoms with van der Waals surface area (Å²) in [6, 6.07) is 7.37. The first-order valence-corrected chi connectivity index (χ1v) is 6.03. The maximum Gasteiger partial charge on any atom is 0.316 e. The highest BCUT2D eigenvalue weighted by Crippen LogP contribution is 2.24. The van der Waals surface area contributed by atoms with Crippen LogP contribution in [0.25, 0.3) is 0 Å². The van der Waals surface area contributed by atoms with E-state index in [1.165, 1.54) is 0 Å². The number of nitrogens with zero attached hydrogens (tertiary/aromatic N) is 2. The second kappa shape index (κ2) is 6.51. The third kappa shape index (κ3) is 3.68. The van der Waals surface area contributed by atoms with E-state index in [-0.39, 0.29) is 18.5 Å². The molecule has 0 bridgehead atoms. The van der Waals surface area contributed by atoms with E-state index in [0.29, 0.717) is 11.4 Å². The molecule has 1 aromatic heterocycles. The summed E-state index contributed by atoms with van der Waals surface area (Å²) in [4.78, 5) is 19.6. The van der Waals surface area contributed by atoms with Crippen LogP contribution in [0.3, 0.4) is 0 Å². The van der Waals surface area contributed by atoms with Gasteiger partial charge in [0, 0.05) is 12.4 Å². The number of ether oxygens (including phenoxy) is 2. The van der Waals surface area contributed by atoms with Crippen LogP contribution in [0.5, 0.6) is 11.8 Å². The predicted molar refractivity (Wildman–Crippen MR) is 73.9 cm³/mol. The lowest BCUT2D eigenvalue weighted by atomic mass is 10.2. The fourth-order valence-corrected chi connectivity index (χ4v) is 1.60. The molecule has 6 heteroatoms. The average molecular weight is 273 g/mol. The Kier molecular flexibility index (Phi) is 4.49. The van der Waals surface area contributed by atoms with Crippen LogP contribution in [0, 0.1) is 6.92 Å². The Labute approximate surface area is 116 Å². The summed E-state index contributed by atoms with van der Waals surface area (Å²) in [7, 11) is 1.55. The quantitative estimate of drug-likeness (QED) is 0.899. The maximum atomic E-state index is 11.8. The third-order valence-corrected chi connectivity index (χ3v) is 2.50. The van der Waals surface area contributed by atoms with Crippen molar-refractivity contribution >= 4 is 11.6 Å². The lowest BCUT2D eigenvalue weighted by Crippen LogP contribution is -2.21. The number of hydrogen-bond acceptors (Lipinski definition) is 5. The minimum atomic E-state index is -0.304. The van der Waals surface area contributed by atoms with Gasteiger partial charge < -0.3 is 14.8 Å². The van der Waals surface area contributed by atoms with Gasteiger partial charge in [0.15, 0.2) is 6.61 Å². The van der Waals surface area contributed by atoms with Crippen molar-refractivity contribution in [1.82, 2.24) is 9.97 Å². The van der Waals surface area contributed by atoms with Gasteiger partial charge >= 0.3 is 6.01 Å². The van der Waals surface area contributed by atoms with Gasteiger partial charge in [0.1, 0.15) is 5.75 Å². The molecule has 0 unspecified atom stereocenters. The van der Waals surface area contributed by atoms with Gasteiger partial charge in [-0.3, -0.25) is 4.79 Å². The van der Waals surface area contributed by atoms with Crippen molar-refractivity contribution < 1.29 is 14.3 Å². The van der Waals surface area contributed by atoms with Crippen molar-refractivity contribution in [3.05, 3.63) is 42.2 Å². The molecular weight excluding hydrogens is 258 g/mol. The number of hydrogen-bond donors (Lipinski definition) is 1. The molecule has 1 amide bonds. The van der Waals surface area contributed by atoms with Gasteiger partial charge in [-0.05, 0) is 30.7 Å². The topological polar surface area (TPSA) is 73.3 Å². The highest BCUT2D eigenvalue weighted by Gasteiger charge is 2.09. The van der Waals surface area contributed by atoms with Crippen LogP contribution in [0.2, 0.25) is 0 Å². The van der Waals surface area contributed by atoms with E-state index in [1.54, 1.807) is 31.6 Å². The smallest absolute Gasteiger partial charge is 0.316 e. The van der Waals surface area contributed by atoms with Gasteiger partial charge in [0.25, 0.3) is 5.91 Å². The van der Waals surface area contributed by atoms with Gasteiger partial charge in [-0.1, -0.05) is 6.07 Å². The summed E-state index contributed by atoms with van der Waals surface area (Å²) in [6.45, 7) is 1.77. The van der Waals surface area contributed by atoms with Crippen LogP contribution in [-0.2, 0) is 4.79 Å². The first kappa shape index (κ1) is 13.8. The van der Waals surface area contributed by atoms with Crippen LogP contribution in [0.1, 0.15) is 5.56 Å². The molecule has 1 N–H and O–H groups in total. The lowest BCUT2D eigenvalue weighted by Gasteiger charge is -2.11. The summed E-state index contributed by atoms with van der Waals surface area (Å²) < 4.78 is 10.4. The Balaban J connectivity index is 1.96. The number of nitrogens with one attached hydrogen (secondary N) is 1. The average Bonchev–Trinajstić information content (AvgIpc) is 2.46. The van der Waals surface area contributed by atoms with Crippen molar-refractivity contribution in [2.24, 2.45) is 0 Å². The lowest BCUT2D eigenvalue weighted by molar-refractivity contribution is -0.118. The third-order valence-electron chi connectivity index (χ3n) is 2.50. The zero-order valence-electron chi connectivity index (χ0n) is 11.3. The maximum absolute atomic E-state index is 11.8. The van der Waals surface area contributed by atoms with Crippen LogP contribution in [0.15, 0.2) is 36.7 Å². The second-order valence-corrected chi connectivity index (χ2v) is 4.07. The number of rotatable bonds is 5. The van der Waals surface area contributed by atoms with Crippen molar-refractivity contribution in [3.63, 3.8) is 0 Å². The Morgan fingerprint density at radius 3 is 2.75 bits per heavy atom. The highest BCUT2D eigenvalue weighted by atomic mass is 16.5. The number of amides is 1. The molecule has 0 spiro atoms. The molecule has 0 atom stereocenters. The second-order valence-electron chi connectivity index (χ2n) is 4.07. The monoisotopic (exact) mass is 273 g/mol. The molecule has 0 radical (unpaired) electrons. The van der Waals surface area contributed by atoms with E-state index in [1.807, 2.05) is 19.1 Å². The number of methoxy groups -OCH3 is 1. The fourth-order valence-electron chi connectivity index (χ4n) is 1.60. The molecule has 20 heavy (non-hydrogen) atoms. The van der Waals surface area contributed by atoms with E-state index in [2.05, 4.69) is 15.3 Å². The van der Waals surface area contributed by atoms with Crippen LogP contribution in [0.4, 0.5) is 5.69 Å². The Hall–Kier alpha value is -2.63. The Bertz CT molecular complexity index is 587. The molecule has 0 saturated carbocycles. The molecule has 104 valence electrons. The van der Waals surface area contributed by atoms with E-state index >= 15 is 0 Å².